The van der Waals surface area contributed by atoms with Gasteiger partial charge in [0.15, 0.2) is 5.69 Å². The van der Waals surface area contributed by atoms with E-state index in [0.717, 1.165) is 12.8 Å². The Morgan fingerprint density at radius 2 is 1.90 bits per heavy atom. The first-order valence-corrected chi connectivity index (χ1v) is 14.1. The molecular weight excluding hydrogens is 577 g/mol. The van der Waals surface area contributed by atoms with Crippen LogP contribution in [0.2, 0.25) is 5.02 Å². The van der Waals surface area contributed by atoms with Crippen molar-refractivity contribution in [2.75, 3.05) is 54.4 Å². The van der Waals surface area contributed by atoms with E-state index >= 15 is 0 Å². The molecule has 2 saturated heterocycles. The summed E-state index contributed by atoms with van der Waals surface area (Å²) < 4.78 is 52.2. The maximum absolute atomic E-state index is 13.7. The number of aromatic nitrogens is 2. The average Bonchev–Trinajstić information content (AvgIpc) is 3.28. The van der Waals surface area contributed by atoms with Gasteiger partial charge < -0.3 is 29.4 Å². The Morgan fingerprint density at radius 3 is 2.62 bits per heavy atom. The highest BCUT2D eigenvalue weighted by molar-refractivity contribution is 6.32. The lowest BCUT2D eigenvalue weighted by atomic mass is 10.0. The Labute approximate surface area is 246 Å². The third-order valence-corrected chi connectivity index (χ3v) is 7.57. The van der Waals surface area contributed by atoms with Crippen molar-refractivity contribution < 1.29 is 32.2 Å². The molecule has 0 radical (unpaired) electrons. The monoisotopic (exact) mass is 608 g/mol. The summed E-state index contributed by atoms with van der Waals surface area (Å²) in [5.74, 6) is -0.657. The zero-order chi connectivity index (χ0) is 29.9. The molecule has 2 aliphatic heterocycles. The molecule has 1 amide bonds. The molecule has 5 rings (SSSR count). The number of hydrogen-bond acceptors (Lipinski definition) is 9. The van der Waals surface area contributed by atoms with Gasteiger partial charge in [-0.1, -0.05) is 30.7 Å². The zero-order valence-corrected chi connectivity index (χ0v) is 23.7. The van der Waals surface area contributed by atoms with Crippen LogP contribution in [-0.2, 0) is 6.18 Å². The normalized spacial score (nSPS) is 19.3. The minimum atomic E-state index is -4.86. The smallest absolute Gasteiger partial charge is 0.437 e. The standard InChI is InChI=1S/C28H32ClF3N6O4/c1-18-6-4-11-38(17-18)26-35-24(28(30,31)32)23(42-26)25(39)34-19-9-10-22(33-16-19)36-12-5-13-37(15-14-36)27(40)41-21-8-3-2-7-20(21)29/h2-3,7-10,16,18,27,40H,4-6,11-15,17H2,1H3,(H,34,39). The quantitative estimate of drug-likeness (QED) is 0.354. The van der Waals surface area contributed by atoms with Gasteiger partial charge in [0.25, 0.3) is 18.3 Å². The molecule has 2 aromatic heterocycles. The van der Waals surface area contributed by atoms with Crippen molar-refractivity contribution in [3.8, 4) is 5.75 Å². The van der Waals surface area contributed by atoms with Gasteiger partial charge in [0.05, 0.1) is 16.9 Å². The van der Waals surface area contributed by atoms with Gasteiger partial charge in [0.2, 0.25) is 5.76 Å². The van der Waals surface area contributed by atoms with Crippen LogP contribution in [0.3, 0.4) is 0 Å². The summed E-state index contributed by atoms with van der Waals surface area (Å²) in [6.45, 7) is 5.27. The number of alkyl halides is 3. The zero-order valence-electron chi connectivity index (χ0n) is 23.0. The van der Waals surface area contributed by atoms with Crippen molar-refractivity contribution in [1.82, 2.24) is 14.9 Å². The second kappa shape index (κ2) is 12.8. The van der Waals surface area contributed by atoms with Gasteiger partial charge >= 0.3 is 6.18 Å². The minimum Gasteiger partial charge on any atom is -0.450 e. The number of anilines is 3. The van der Waals surface area contributed by atoms with Crippen LogP contribution in [0.25, 0.3) is 0 Å². The van der Waals surface area contributed by atoms with E-state index in [1.807, 2.05) is 11.8 Å². The summed E-state index contributed by atoms with van der Waals surface area (Å²) in [6.07, 6.45) is -2.17. The molecule has 0 saturated carbocycles. The number of carbonyl (C=O) groups excluding carboxylic acids is 1. The maximum atomic E-state index is 13.7. The number of ether oxygens (including phenoxy) is 1. The maximum Gasteiger partial charge on any atom is 0.437 e. The highest BCUT2D eigenvalue weighted by Crippen LogP contribution is 2.35. The third kappa shape index (κ3) is 7.08. The molecule has 42 heavy (non-hydrogen) atoms. The van der Waals surface area contributed by atoms with Crippen molar-refractivity contribution in [1.29, 1.82) is 0 Å². The number of halogens is 4. The molecule has 0 aliphatic carbocycles. The number of nitrogens with zero attached hydrogens (tertiary/aromatic N) is 5. The average molecular weight is 609 g/mol. The summed E-state index contributed by atoms with van der Waals surface area (Å²) in [5, 5.41) is 13.4. The summed E-state index contributed by atoms with van der Waals surface area (Å²) in [5.41, 5.74) is -1.14. The number of para-hydroxylation sites is 1. The number of amides is 1. The Hall–Kier alpha value is -3.55. The van der Waals surface area contributed by atoms with Gasteiger partial charge in [-0.05, 0) is 49.4 Å². The fourth-order valence-corrected chi connectivity index (χ4v) is 5.28. The Balaban J connectivity index is 1.21. The van der Waals surface area contributed by atoms with Crippen LogP contribution >= 0.6 is 11.6 Å². The largest absolute Gasteiger partial charge is 0.450 e. The Bertz CT molecular complexity index is 1370. The second-order valence-corrected chi connectivity index (χ2v) is 10.9. The summed E-state index contributed by atoms with van der Waals surface area (Å²) in [4.78, 5) is 26.4. The number of piperidine rings is 1. The van der Waals surface area contributed by atoms with Gasteiger partial charge in [-0.25, -0.2) is 9.88 Å². The van der Waals surface area contributed by atoms with Gasteiger partial charge in [-0.2, -0.15) is 18.2 Å². The Morgan fingerprint density at radius 1 is 1.12 bits per heavy atom. The third-order valence-electron chi connectivity index (χ3n) is 7.26. The lowest BCUT2D eigenvalue weighted by Crippen LogP contribution is -2.41. The van der Waals surface area contributed by atoms with Crippen molar-refractivity contribution in [3.05, 3.63) is 59.1 Å². The van der Waals surface area contributed by atoms with Gasteiger partial charge in [0.1, 0.15) is 11.6 Å². The number of oxazole rings is 1. The van der Waals surface area contributed by atoms with Crippen molar-refractivity contribution >= 4 is 35.0 Å². The molecule has 2 fully saturated rings. The lowest BCUT2D eigenvalue weighted by Gasteiger charge is -2.29. The van der Waals surface area contributed by atoms with E-state index in [1.165, 1.54) is 6.20 Å². The predicted molar refractivity (Wildman–Crippen MR) is 151 cm³/mol. The number of aliphatic hydroxyl groups excluding tert-OH is 1. The number of carbonyl (C=O) groups is 1. The van der Waals surface area contributed by atoms with Gasteiger partial charge in [-0.15, -0.1) is 0 Å². The van der Waals surface area contributed by atoms with E-state index < -0.39 is 30.0 Å². The van der Waals surface area contributed by atoms with Gasteiger partial charge in [-0.3, -0.25) is 4.79 Å². The van der Waals surface area contributed by atoms with Crippen LogP contribution in [0.5, 0.6) is 5.75 Å². The number of rotatable bonds is 7. The summed E-state index contributed by atoms with van der Waals surface area (Å²) >= 11 is 6.13. The van der Waals surface area contributed by atoms with Crippen LogP contribution in [0.15, 0.2) is 47.0 Å². The molecule has 14 heteroatoms. The van der Waals surface area contributed by atoms with Gasteiger partial charge in [0, 0.05) is 39.3 Å². The van der Waals surface area contributed by atoms with Crippen molar-refractivity contribution in [3.63, 3.8) is 0 Å². The number of hydrogen-bond donors (Lipinski definition) is 2. The van der Waals surface area contributed by atoms with E-state index in [9.17, 15) is 23.1 Å². The summed E-state index contributed by atoms with van der Waals surface area (Å²) in [6, 6.07) is 9.94. The molecule has 2 aliphatic rings. The molecular formula is C28H32ClF3N6O4. The molecule has 2 atom stereocenters. The number of nitrogens with one attached hydrogen (secondary N) is 1. The highest BCUT2D eigenvalue weighted by atomic mass is 35.5. The van der Waals surface area contributed by atoms with E-state index in [4.69, 9.17) is 20.8 Å². The first-order chi connectivity index (χ1) is 20.1. The molecule has 2 N–H and O–H groups in total. The first kappa shape index (κ1) is 29.9. The highest BCUT2D eigenvalue weighted by Gasteiger charge is 2.42. The van der Waals surface area contributed by atoms with E-state index in [0.29, 0.717) is 62.3 Å². The molecule has 3 aromatic rings. The van der Waals surface area contributed by atoms with Crippen LogP contribution in [-0.4, -0.2) is 71.6 Å². The minimum absolute atomic E-state index is 0.204. The first-order valence-electron chi connectivity index (χ1n) is 13.8. The number of benzene rings is 1. The van der Waals surface area contributed by atoms with Crippen LogP contribution in [0.1, 0.15) is 42.4 Å². The number of aliphatic hydroxyl groups is 1. The second-order valence-electron chi connectivity index (χ2n) is 10.5. The molecule has 0 spiro atoms. The molecule has 1 aromatic carbocycles. The van der Waals surface area contributed by atoms with E-state index in [2.05, 4.69) is 15.3 Å². The van der Waals surface area contributed by atoms with Crippen LogP contribution < -0.4 is 19.9 Å². The fraction of sp³-hybridized carbons (Fsp3) is 0.464. The van der Waals surface area contributed by atoms with Crippen molar-refractivity contribution in [2.24, 2.45) is 5.92 Å². The number of pyridine rings is 1. The predicted octanol–water partition coefficient (Wildman–Crippen LogP) is 5.10. The van der Waals surface area contributed by atoms with E-state index in [1.54, 1.807) is 46.2 Å². The summed E-state index contributed by atoms with van der Waals surface area (Å²) in [7, 11) is 0. The molecule has 226 valence electrons. The van der Waals surface area contributed by atoms with E-state index in [-0.39, 0.29) is 17.6 Å². The molecule has 4 heterocycles. The Kier molecular flexibility index (Phi) is 9.09. The lowest BCUT2D eigenvalue weighted by molar-refractivity contribution is -0.141. The topological polar surface area (TPSA) is 107 Å². The molecule has 2 unspecified atom stereocenters. The van der Waals surface area contributed by atoms with Crippen LogP contribution in [0.4, 0.5) is 30.7 Å². The van der Waals surface area contributed by atoms with Crippen LogP contribution in [0, 0.1) is 5.92 Å². The molecule has 10 nitrogen and oxygen atoms in total. The molecule has 0 bridgehead atoms. The fourth-order valence-electron chi connectivity index (χ4n) is 5.10. The van der Waals surface area contributed by atoms with Crippen molar-refractivity contribution in [2.45, 2.75) is 38.8 Å². The SMILES string of the molecule is CC1CCCN(c2nc(C(F)(F)F)c(C(=O)Nc3ccc(N4CCCN(C(O)Oc5ccccc5Cl)CC4)nc3)o2)C1.